The highest BCUT2D eigenvalue weighted by Crippen LogP contribution is 2.10. The smallest absolute Gasteiger partial charge is 0.408 e. The molecule has 0 aliphatic rings. The van der Waals surface area contributed by atoms with Crippen molar-refractivity contribution in [1.82, 2.24) is 10.6 Å². The van der Waals surface area contributed by atoms with Crippen molar-refractivity contribution in [3.05, 3.63) is 35.9 Å². The van der Waals surface area contributed by atoms with Gasteiger partial charge in [-0.3, -0.25) is 9.59 Å². The summed E-state index contributed by atoms with van der Waals surface area (Å²) in [6.45, 7) is 8.02. The maximum Gasteiger partial charge on any atom is 0.408 e. The highest BCUT2D eigenvalue weighted by molar-refractivity contribution is 5.89. The summed E-state index contributed by atoms with van der Waals surface area (Å²) in [7, 11) is 0. The highest BCUT2D eigenvalue weighted by Gasteiger charge is 2.27. The number of carbonyl (C=O) groups is 3. The third-order valence-electron chi connectivity index (χ3n) is 4.69. The molecule has 0 unspecified atom stereocenters. The average Bonchev–Trinajstić information content (AvgIpc) is 2.73. The third kappa shape index (κ3) is 13.7. The van der Waals surface area contributed by atoms with E-state index >= 15 is 0 Å². The van der Waals surface area contributed by atoms with Crippen LogP contribution in [0.5, 0.6) is 0 Å². The molecule has 0 saturated carbocycles. The molecule has 0 aliphatic heterocycles. The number of esters is 1. The molecule has 7 nitrogen and oxygen atoms in total. The fraction of sp³-hybridized carbons (Fsp3) is 0.640. The van der Waals surface area contributed by atoms with Crippen molar-refractivity contribution < 1.29 is 23.9 Å². The molecule has 1 aromatic carbocycles. The molecular formula is C25H40N2O5. The van der Waals surface area contributed by atoms with Crippen LogP contribution in [0.25, 0.3) is 0 Å². The Labute approximate surface area is 192 Å². The van der Waals surface area contributed by atoms with E-state index in [0.29, 0.717) is 6.54 Å². The number of alkyl carbamates (subject to hydrolysis) is 1. The van der Waals surface area contributed by atoms with Crippen molar-refractivity contribution in [2.45, 2.75) is 97.3 Å². The Bertz CT molecular complexity index is 685. The van der Waals surface area contributed by atoms with Crippen LogP contribution < -0.4 is 10.6 Å². The number of carbonyl (C=O) groups excluding carboxylic acids is 3. The van der Waals surface area contributed by atoms with E-state index in [0.717, 1.165) is 24.8 Å². The lowest BCUT2D eigenvalue weighted by Gasteiger charge is -2.22. The summed E-state index contributed by atoms with van der Waals surface area (Å²) in [5.41, 5.74) is 0.152. The summed E-state index contributed by atoms with van der Waals surface area (Å²) in [6, 6.07) is 8.17. The van der Waals surface area contributed by atoms with E-state index in [4.69, 9.17) is 9.47 Å². The van der Waals surface area contributed by atoms with Gasteiger partial charge < -0.3 is 20.1 Å². The maximum atomic E-state index is 12.6. The van der Waals surface area contributed by atoms with Gasteiger partial charge in [-0.05, 0) is 32.8 Å². The van der Waals surface area contributed by atoms with Gasteiger partial charge >= 0.3 is 12.1 Å². The van der Waals surface area contributed by atoms with Crippen LogP contribution >= 0.6 is 0 Å². The van der Waals surface area contributed by atoms with E-state index in [9.17, 15) is 14.4 Å². The summed E-state index contributed by atoms with van der Waals surface area (Å²) >= 11 is 0. The van der Waals surface area contributed by atoms with Gasteiger partial charge in [0.1, 0.15) is 18.2 Å². The largest absolute Gasteiger partial charge is 0.460 e. The zero-order valence-corrected chi connectivity index (χ0v) is 20.1. The number of amides is 2. The van der Waals surface area contributed by atoms with E-state index < -0.39 is 29.6 Å². The van der Waals surface area contributed by atoms with Gasteiger partial charge in [-0.25, -0.2) is 4.79 Å². The maximum absolute atomic E-state index is 12.6. The normalized spacial score (nSPS) is 12.0. The van der Waals surface area contributed by atoms with Crippen molar-refractivity contribution in [3.63, 3.8) is 0 Å². The predicted octanol–water partition coefficient (Wildman–Crippen LogP) is 4.88. The van der Waals surface area contributed by atoms with E-state index in [1.54, 1.807) is 20.8 Å². The van der Waals surface area contributed by atoms with Gasteiger partial charge in [-0.15, -0.1) is 0 Å². The highest BCUT2D eigenvalue weighted by atomic mass is 16.6. The first-order valence-corrected chi connectivity index (χ1v) is 11.7. The van der Waals surface area contributed by atoms with E-state index in [1.165, 1.54) is 25.7 Å². The molecule has 1 atom stereocenters. The minimum atomic E-state index is -1.06. The Balaban J connectivity index is 2.52. The Morgan fingerprint density at radius 1 is 0.938 bits per heavy atom. The lowest BCUT2D eigenvalue weighted by molar-refractivity contribution is -0.156. The predicted molar refractivity (Wildman–Crippen MR) is 125 cm³/mol. The molecule has 0 saturated heterocycles. The van der Waals surface area contributed by atoms with Gasteiger partial charge in [0, 0.05) is 6.54 Å². The summed E-state index contributed by atoms with van der Waals surface area (Å²) in [5, 5.41) is 5.32. The van der Waals surface area contributed by atoms with Gasteiger partial charge in [-0.2, -0.15) is 0 Å². The van der Waals surface area contributed by atoms with Crippen molar-refractivity contribution in [2.75, 3.05) is 6.54 Å². The van der Waals surface area contributed by atoms with Crippen LogP contribution in [0.3, 0.4) is 0 Å². The van der Waals surface area contributed by atoms with Crippen LogP contribution in [0.2, 0.25) is 0 Å². The molecule has 32 heavy (non-hydrogen) atoms. The zero-order valence-electron chi connectivity index (χ0n) is 20.1. The second-order valence-electron chi connectivity index (χ2n) is 8.96. The number of unbranched alkanes of at least 4 members (excludes halogenated alkanes) is 6. The number of benzene rings is 1. The number of ether oxygens (including phenoxy) is 2. The van der Waals surface area contributed by atoms with Crippen LogP contribution in [0, 0.1) is 0 Å². The molecule has 0 aromatic heterocycles. The minimum absolute atomic E-state index is 0.0749. The summed E-state index contributed by atoms with van der Waals surface area (Å²) < 4.78 is 10.5. The molecule has 0 fully saturated rings. The van der Waals surface area contributed by atoms with Crippen molar-refractivity contribution in [2.24, 2.45) is 0 Å². The molecule has 0 radical (unpaired) electrons. The van der Waals surface area contributed by atoms with Crippen LogP contribution in [0.15, 0.2) is 30.3 Å². The van der Waals surface area contributed by atoms with Gasteiger partial charge in [-0.1, -0.05) is 75.8 Å². The molecule has 1 rings (SSSR count). The standard InChI is InChI=1S/C25H40N2O5/c1-5-6-7-8-9-10-14-17-26-23(29)21(18-22(28)32-25(2,3)4)27-24(30)31-19-20-15-12-11-13-16-20/h11-13,15-16,21H,5-10,14,17-19H2,1-4H3,(H,26,29)(H,27,30)/t21-/m0/s1. The molecule has 1 aromatic rings. The fourth-order valence-corrected chi connectivity index (χ4v) is 3.08. The second-order valence-corrected chi connectivity index (χ2v) is 8.96. The molecular weight excluding hydrogens is 408 g/mol. The minimum Gasteiger partial charge on any atom is -0.460 e. The molecule has 2 amide bonds. The Morgan fingerprint density at radius 3 is 2.19 bits per heavy atom. The Kier molecular flexibility index (Phi) is 13.1. The Hall–Kier alpha value is -2.57. The molecule has 180 valence electrons. The fourth-order valence-electron chi connectivity index (χ4n) is 3.08. The molecule has 7 heteroatoms. The number of hydrogen-bond acceptors (Lipinski definition) is 5. The zero-order chi connectivity index (χ0) is 23.8. The summed E-state index contributed by atoms with van der Waals surface area (Å²) in [5.74, 6) is -0.976. The van der Waals surface area contributed by atoms with E-state index in [1.807, 2.05) is 30.3 Å². The van der Waals surface area contributed by atoms with Crippen molar-refractivity contribution in [3.8, 4) is 0 Å². The average molecular weight is 449 g/mol. The summed E-state index contributed by atoms with van der Waals surface area (Å²) in [6.07, 6.45) is 6.94. The van der Waals surface area contributed by atoms with Gasteiger partial charge in [0.25, 0.3) is 0 Å². The van der Waals surface area contributed by atoms with Crippen molar-refractivity contribution in [1.29, 1.82) is 0 Å². The van der Waals surface area contributed by atoms with Crippen LogP contribution in [0.1, 0.15) is 84.6 Å². The topological polar surface area (TPSA) is 93.7 Å². The van der Waals surface area contributed by atoms with Crippen molar-refractivity contribution >= 4 is 18.0 Å². The lowest BCUT2D eigenvalue weighted by Crippen LogP contribution is -2.48. The number of nitrogens with one attached hydrogen (secondary N) is 2. The monoisotopic (exact) mass is 448 g/mol. The Morgan fingerprint density at radius 2 is 1.56 bits per heavy atom. The first-order valence-electron chi connectivity index (χ1n) is 11.7. The van der Waals surface area contributed by atoms with Gasteiger partial charge in [0.05, 0.1) is 6.42 Å². The number of hydrogen-bond donors (Lipinski definition) is 2. The summed E-state index contributed by atoms with van der Waals surface area (Å²) in [4.78, 5) is 37.1. The third-order valence-corrected chi connectivity index (χ3v) is 4.69. The van der Waals surface area contributed by atoms with E-state index in [2.05, 4.69) is 17.6 Å². The van der Waals surface area contributed by atoms with Gasteiger partial charge in [0.2, 0.25) is 5.91 Å². The molecule has 0 spiro atoms. The van der Waals surface area contributed by atoms with E-state index in [-0.39, 0.29) is 13.0 Å². The van der Waals surface area contributed by atoms with Gasteiger partial charge in [0.15, 0.2) is 0 Å². The first-order chi connectivity index (χ1) is 15.2. The number of rotatable bonds is 14. The SMILES string of the molecule is CCCCCCCCCNC(=O)[C@H](CC(=O)OC(C)(C)C)NC(=O)OCc1ccccc1. The first kappa shape index (κ1) is 27.5. The van der Waals surface area contributed by atoms with Crippen LogP contribution in [-0.4, -0.2) is 36.2 Å². The lowest BCUT2D eigenvalue weighted by atomic mass is 10.1. The quantitative estimate of drug-likeness (QED) is 0.312. The molecule has 0 bridgehead atoms. The second kappa shape index (κ2) is 15.3. The molecule has 0 aliphatic carbocycles. The molecule has 0 heterocycles. The molecule has 2 N–H and O–H groups in total. The van der Waals surface area contributed by atoms with Crippen LogP contribution in [0.4, 0.5) is 4.79 Å². The van der Waals surface area contributed by atoms with Crippen LogP contribution in [-0.2, 0) is 25.7 Å².